The summed E-state index contributed by atoms with van der Waals surface area (Å²) in [7, 11) is -3.14. The maximum absolute atomic E-state index is 12.4. The first-order chi connectivity index (χ1) is 5.54. The molecule has 1 aromatic carbocycles. The highest BCUT2D eigenvalue weighted by Gasteiger charge is 2.24. The molecule has 0 aliphatic rings. The highest BCUT2D eigenvalue weighted by atomic mass is 19.2. The van der Waals surface area contributed by atoms with Crippen molar-refractivity contribution in [1.29, 1.82) is 0 Å². The smallest absolute Gasteiger partial charge is 0.281 e. The van der Waals surface area contributed by atoms with Gasteiger partial charge in [-0.3, -0.25) is 8.63 Å². The second-order valence-corrected chi connectivity index (χ2v) is 2.07. The summed E-state index contributed by atoms with van der Waals surface area (Å²) in [5.41, 5.74) is -1.13. The first kappa shape index (κ1) is 9.03. The van der Waals surface area contributed by atoms with Gasteiger partial charge >= 0.3 is 7.27 Å². The molecule has 0 nitrogen and oxygen atoms in total. The summed E-state index contributed by atoms with van der Waals surface area (Å²) < 4.78 is 60.5. The van der Waals surface area contributed by atoms with Crippen LogP contribution < -0.4 is 5.46 Å². The monoisotopic (exact) mass is 180 g/mol. The van der Waals surface area contributed by atoms with Crippen LogP contribution in [0.4, 0.5) is 21.8 Å². The number of hydrogen-bond donors (Lipinski definition) is 0. The van der Waals surface area contributed by atoms with Crippen LogP contribution in [0.2, 0.25) is 0 Å². The summed E-state index contributed by atoms with van der Waals surface area (Å²) in [6.07, 6.45) is 0. The molecule has 12 heavy (non-hydrogen) atoms. The highest BCUT2D eigenvalue weighted by molar-refractivity contribution is 6.60. The van der Waals surface area contributed by atoms with E-state index in [4.69, 9.17) is 0 Å². The number of benzene rings is 1. The minimum absolute atomic E-state index is 0.458. The Morgan fingerprint density at radius 1 is 0.917 bits per heavy atom. The van der Waals surface area contributed by atoms with Crippen molar-refractivity contribution in [2.45, 2.75) is 0 Å². The van der Waals surface area contributed by atoms with Gasteiger partial charge in [-0.15, -0.1) is 0 Å². The maximum Gasteiger partial charge on any atom is 0.575 e. The van der Waals surface area contributed by atoms with Crippen LogP contribution in [0.3, 0.4) is 0 Å². The van der Waals surface area contributed by atoms with Crippen molar-refractivity contribution in [3.63, 3.8) is 0 Å². The van der Waals surface area contributed by atoms with Crippen molar-refractivity contribution in [2.75, 3.05) is 0 Å². The molecule has 0 unspecified atom stereocenters. The molecule has 0 N–H and O–H groups in total. The molecule has 0 bridgehead atoms. The van der Waals surface area contributed by atoms with E-state index in [1.54, 1.807) is 0 Å². The van der Waals surface area contributed by atoms with Crippen LogP contribution in [0.15, 0.2) is 12.1 Å². The van der Waals surface area contributed by atoms with Gasteiger partial charge in [-0.05, 0) is 6.07 Å². The Hall–Kier alpha value is -1.07. The molecule has 0 amide bonds. The molecule has 0 radical (unpaired) electrons. The summed E-state index contributed by atoms with van der Waals surface area (Å²) in [5.74, 6) is -5.17. The van der Waals surface area contributed by atoms with Gasteiger partial charge in [0, 0.05) is 5.46 Å². The average molecular weight is 180 g/mol. The van der Waals surface area contributed by atoms with Crippen molar-refractivity contribution in [3.05, 3.63) is 29.6 Å². The SMILES string of the molecule is FB(F)c1ccc(F)c(F)c1F. The molecule has 0 saturated carbocycles. The topological polar surface area (TPSA) is 0 Å². The lowest BCUT2D eigenvalue weighted by molar-refractivity contribution is 0.449. The van der Waals surface area contributed by atoms with Crippen molar-refractivity contribution < 1.29 is 21.8 Å². The number of rotatable bonds is 1. The lowest BCUT2D eigenvalue weighted by atomic mass is 9.85. The standard InChI is InChI=1S/C6H2BF5/c8-4-2-1-3(7(11)12)5(9)6(4)10/h1-2H. The van der Waals surface area contributed by atoms with Gasteiger partial charge in [-0.25, -0.2) is 13.2 Å². The lowest BCUT2D eigenvalue weighted by Crippen LogP contribution is -2.25. The molecule has 1 rings (SSSR count). The quantitative estimate of drug-likeness (QED) is 0.350. The third-order valence-corrected chi connectivity index (χ3v) is 1.30. The zero-order valence-corrected chi connectivity index (χ0v) is 5.62. The molecular formula is C6H2BF5. The van der Waals surface area contributed by atoms with Gasteiger partial charge in [-0.1, -0.05) is 6.07 Å². The number of halogens is 5. The zero-order chi connectivity index (χ0) is 9.30. The fraction of sp³-hybridized carbons (Fsp3) is 0. The summed E-state index contributed by atoms with van der Waals surface area (Å²) in [6, 6.07) is 0.971. The molecule has 0 spiro atoms. The molecule has 0 aliphatic carbocycles. The van der Waals surface area contributed by atoms with E-state index >= 15 is 0 Å². The Bertz CT molecular complexity index is 298. The molecule has 0 saturated heterocycles. The fourth-order valence-electron chi connectivity index (χ4n) is 0.709. The third-order valence-electron chi connectivity index (χ3n) is 1.30. The first-order valence-corrected chi connectivity index (χ1v) is 2.95. The molecule has 6 heteroatoms. The normalized spacial score (nSPS) is 10.1. The first-order valence-electron chi connectivity index (χ1n) is 2.95. The van der Waals surface area contributed by atoms with Gasteiger partial charge < -0.3 is 0 Å². The Kier molecular flexibility index (Phi) is 2.35. The van der Waals surface area contributed by atoms with Crippen LogP contribution in [0.1, 0.15) is 0 Å². The van der Waals surface area contributed by atoms with Gasteiger partial charge in [-0.2, -0.15) is 0 Å². The van der Waals surface area contributed by atoms with Crippen molar-refractivity contribution >= 4 is 12.7 Å². The Balaban J connectivity index is 3.27. The van der Waals surface area contributed by atoms with Gasteiger partial charge in [0.15, 0.2) is 17.5 Å². The Morgan fingerprint density at radius 2 is 1.50 bits per heavy atom. The zero-order valence-electron chi connectivity index (χ0n) is 5.62. The van der Waals surface area contributed by atoms with E-state index in [-0.39, 0.29) is 0 Å². The molecule has 64 valence electrons. The summed E-state index contributed by atoms with van der Waals surface area (Å²) >= 11 is 0. The average Bonchev–Trinajstić information content (AvgIpc) is 2.00. The highest BCUT2D eigenvalue weighted by Crippen LogP contribution is 2.08. The summed E-state index contributed by atoms with van der Waals surface area (Å²) in [5, 5.41) is 0. The fourth-order valence-corrected chi connectivity index (χ4v) is 0.709. The van der Waals surface area contributed by atoms with Crippen LogP contribution >= 0.6 is 0 Å². The molecule has 0 fully saturated rings. The molecule has 0 aromatic heterocycles. The molecule has 0 aliphatic heterocycles. The minimum Gasteiger partial charge on any atom is -0.281 e. The van der Waals surface area contributed by atoms with Crippen molar-refractivity contribution in [1.82, 2.24) is 0 Å². The van der Waals surface area contributed by atoms with E-state index in [0.29, 0.717) is 12.1 Å². The third kappa shape index (κ3) is 1.42. The van der Waals surface area contributed by atoms with Crippen molar-refractivity contribution in [3.8, 4) is 0 Å². The van der Waals surface area contributed by atoms with E-state index in [9.17, 15) is 21.8 Å². The van der Waals surface area contributed by atoms with Gasteiger partial charge in [0.1, 0.15) is 0 Å². The van der Waals surface area contributed by atoms with Gasteiger partial charge in [0.2, 0.25) is 0 Å². The Morgan fingerprint density at radius 3 is 2.00 bits per heavy atom. The predicted octanol–water partition coefficient (Wildman–Crippen LogP) is 1.74. The summed E-state index contributed by atoms with van der Waals surface area (Å²) in [4.78, 5) is 0. The van der Waals surface area contributed by atoms with E-state index in [2.05, 4.69) is 0 Å². The minimum atomic E-state index is -3.14. The van der Waals surface area contributed by atoms with Crippen LogP contribution in [0.25, 0.3) is 0 Å². The van der Waals surface area contributed by atoms with E-state index in [1.165, 1.54) is 0 Å². The van der Waals surface area contributed by atoms with Crippen LogP contribution in [0.5, 0.6) is 0 Å². The predicted molar refractivity (Wildman–Crippen MR) is 33.9 cm³/mol. The van der Waals surface area contributed by atoms with Crippen molar-refractivity contribution in [2.24, 2.45) is 0 Å². The molecule has 0 heterocycles. The van der Waals surface area contributed by atoms with Gasteiger partial charge in [0.05, 0.1) is 0 Å². The van der Waals surface area contributed by atoms with Gasteiger partial charge in [0.25, 0.3) is 0 Å². The van der Waals surface area contributed by atoms with Crippen LogP contribution in [-0.4, -0.2) is 7.27 Å². The molecule has 0 atom stereocenters. The summed E-state index contributed by atoms with van der Waals surface area (Å²) in [6.45, 7) is 0. The Labute approximate surface area is 65.2 Å². The molecular weight excluding hydrogens is 178 g/mol. The van der Waals surface area contributed by atoms with E-state index in [1.807, 2.05) is 0 Å². The van der Waals surface area contributed by atoms with Crippen LogP contribution in [-0.2, 0) is 0 Å². The molecule has 1 aromatic rings. The lowest BCUT2D eigenvalue weighted by Gasteiger charge is -1.99. The number of hydrogen-bond acceptors (Lipinski definition) is 0. The van der Waals surface area contributed by atoms with Crippen LogP contribution in [0, 0.1) is 17.5 Å². The second kappa shape index (κ2) is 3.12. The second-order valence-electron chi connectivity index (χ2n) is 2.07. The van der Waals surface area contributed by atoms with E-state index < -0.39 is 30.2 Å². The maximum atomic E-state index is 12.4. The largest absolute Gasteiger partial charge is 0.575 e. The van der Waals surface area contributed by atoms with E-state index in [0.717, 1.165) is 0 Å².